The summed E-state index contributed by atoms with van der Waals surface area (Å²) in [7, 11) is 0. The van der Waals surface area contributed by atoms with Crippen molar-refractivity contribution in [1.29, 1.82) is 0 Å². The normalized spacial score (nSPS) is 14.7. The molecule has 1 aliphatic heterocycles. The van der Waals surface area contributed by atoms with E-state index < -0.39 is 0 Å². The summed E-state index contributed by atoms with van der Waals surface area (Å²) in [6, 6.07) is 14.0. The molecular weight excluding hydrogens is 378 g/mol. The fourth-order valence-electron chi connectivity index (χ4n) is 4.31. The Morgan fingerprint density at radius 2 is 1.73 bits per heavy atom. The number of rotatable bonds is 3. The number of hydrogen-bond donors (Lipinski definition) is 1. The van der Waals surface area contributed by atoms with Crippen LogP contribution in [0.1, 0.15) is 13.8 Å². The lowest BCUT2D eigenvalue weighted by molar-refractivity contribution is 0.561. The van der Waals surface area contributed by atoms with Crippen LogP contribution in [0, 0.1) is 0 Å². The fourth-order valence-corrected chi connectivity index (χ4v) is 4.31. The van der Waals surface area contributed by atoms with Gasteiger partial charge in [-0.1, -0.05) is 0 Å². The summed E-state index contributed by atoms with van der Waals surface area (Å²) in [6.45, 7) is 9.91. The Morgan fingerprint density at radius 1 is 0.933 bits per heavy atom. The van der Waals surface area contributed by atoms with E-state index in [1.807, 2.05) is 24.3 Å². The summed E-state index contributed by atoms with van der Waals surface area (Å²) < 4.78 is 14.2. The van der Waals surface area contributed by atoms with Crippen molar-refractivity contribution in [2.24, 2.45) is 0 Å². The van der Waals surface area contributed by atoms with Crippen LogP contribution in [0.2, 0.25) is 0 Å². The molecule has 0 amide bonds. The lowest BCUT2D eigenvalue weighted by Crippen LogP contribution is -2.43. The minimum absolute atomic E-state index is 0.369. The summed E-state index contributed by atoms with van der Waals surface area (Å²) in [6.07, 6.45) is 0. The van der Waals surface area contributed by atoms with Gasteiger partial charge in [-0.25, -0.2) is 9.37 Å². The molecule has 4 aromatic rings. The van der Waals surface area contributed by atoms with Crippen molar-refractivity contribution in [3.05, 3.63) is 58.2 Å². The predicted molar refractivity (Wildman–Crippen MR) is 121 cm³/mol. The van der Waals surface area contributed by atoms with E-state index in [4.69, 9.17) is 8.83 Å². The van der Waals surface area contributed by atoms with Gasteiger partial charge in [0.1, 0.15) is 29.6 Å². The van der Waals surface area contributed by atoms with Gasteiger partial charge in [-0.15, -0.1) is 0 Å². The van der Waals surface area contributed by atoms with Gasteiger partial charge in [-0.2, -0.15) is 0 Å². The van der Waals surface area contributed by atoms with Crippen LogP contribution in [0.3, 0.4) is 0 Å². The smallest absolute Gasteiger partial charge is 0.347 e. The van der Waals surface area contributed by atoms with Crippen LogP contribution in [0.4, 0.5) is 5.69 Å². The topological polar surface area (TPSA) is 61.6 Å². The molecule has 0 aliphatic carbocycles. The molecule has 30 heavy (non-hydrogen) atoms. The van der Waals surface area contributed by atoms with Gasteiger partial charge in [0.05, 0.1) is 11.5 Å². The Hall–Kier alpha value is -3.12. The van der Waals surface area contributed by atoms with E-state index in [1.165, 1.54) is 0 Å². The lowest BCUT2D eigenvalue weighted by Gasteiger charge is -2.29. The molecule has 0 atom stereocenters. The van der Waals surface area contributed by atoms with Crippen LogP contribution < -0.4 is 25.8 Å². The Morgan fingerprint density at radius 3 is 2.50 bits per heavy atom. The first-order valence-corrected chi connectivity index (χ1v) is 10.7. The number of nitrogens with one attached hydrogen (secondary N) is 1. The summed E-state index contributed by atoms with van der Waals surface area (Å²) >= 11 is 0. The summed E-state index contributed by atoms with van der Waals surface area (Å²) in [5.74, 6) is 0. The fraction of sp³-hybridized carbons (Fsp3) is 0.333. The maximum atomic E-state index is 12.7. The van der Waals surface area contributed by atoms with E-state index in [1.54, 1.807) is 0 Å². The van der Waals surface area contributed by atoms with Crippen molar-refractivity contribution in [3.8, 4) is 0 Å². The molecule has 0 unspecified atom stereocenters. The number of piperazine rings is 1. The highest BCUT2D eigenvalue weighted by atomic mass is 16.4. The van der Waals surface area contributed by atoms with Gasteiger partial charge in [0.15, 0.2) is 5.58 Å². The zero-order valence-electron chi connectivity index (χ0n) is 17.4. The quantitative estimate of drug-likeness (QED) is 0.246. The van der Waals surface area contributed by atoms with Crippen molar-refractivity contribution in [2.45, 2.75) is 13.8 Å². The lowest BCUT2D eigenvalue weighted by atomic mass is 10.1. The molecule has 0 bridgehead atoms. The molecule has 2 aromatic carbocycles. The zero-order chi connectivity index (χ0) is 20.7. The molecule has 0 saturated carbocycles. The molecule has 0 spiro atoms. The number of hydrogen-bond acceptors (Lipinski definition) is 5. The van der Waals surface area contributed by atoms with Crippen molar-refractivity contribution >= 4 is 38.6 Å². The summed E-state index contributed by atoms with van der Waals surface area (Å²) in [5.41, 5.74) is 2.68. The maximum Gasteiger partial charge on any atom is 0.347 e. The van der Waals surface area contributed by atoms with Gasteiger partial charge in [0.2, 0.25) is 5.36 Å². The van der Waals surface area contributed by atoms with Crippen LogP contribution in [0.15, 0.2) is 56.1 Å². The highest BCUT2D eigenvalue weighted by molar-refractivity contribution is 6.03. The predicted octanol–water partition coefficient (Wildman–Crippen LogP) is 2.91. The highest BCUT2D eigenvalue weighted by Crippen LogP contribution is 2.29. The van der Waals surface area contributed by atoms with Crippen molar-refractivity contribution in [3.63, 3.8) is 0 Å². The van der Waals surface area contributed by atoms with E-state index in [9.17, 15) is 4.79 Å². The van der Waals surface area contributed by atoms with Gasteiger partial charge in [0, 0.05) is 49.4 Å². The van der Waals surface area contributed by atoms with Gasteiger partial charge < -0.3 is 19.1 Å². The van der Waals surface area contributed by atoms with E-state index in [0.717, 1.165) is 66.7 Å². The SMILES string of the molecule is CC[N+](CC)=c1ccc2c(c1)oc(=O)c1cc3ccc(N4CCNCC4)cc3oc12. The number of anilines is 1. The van der Waals surface area contributed by atoms with E-state index in [0.29, 0.717) is 16.6 Å². The third-order valence-electron chi connectivity index (χ3n) is 6.00. The summed E-state index contributed by atoms with van der Waals surface area (Å²) in [5, 5.41) is 6.60. The largest absolute Gasteiger partial charge is 0.455 e. The van der Waals surface area contributed by atoms with Gasteiger partial charge in [0.25, 0.3) is 0 Å². The van der Waals surface area contributed by atoms with Gasteiger partial charge in [-0.3, -0.25) is 0 Å². The van der Waals surface area contributed by atoms with Gasteiger partial charge in [-0.05, 0) is 38.1 Å². The molecular formula is C24H26N3O3+. The molecule has 1 N–H and O–H groups in total. The Kier molecular flexibility index (Phi) is 4.79. The highest BCUT2D eigenvalue weighted by Gasteiger charge is 2.15. The van der Waals surface area contributed by atoms with Crippen LogP contribution in [-0.4, -0.2) is 39.3 Å². The monoisotopic (exact) mass is 404 g/mol. The van der Waals surface area contributed by atoms with E-state index in [2.05, 4.69) is 46.8 Å². The Balaban J connectivity index is 1.74. The molecule has 1 fully saturated rings. The Bertz CT molecular complexity index is 1370. The molecule has 5 rings (SSSR count). The third-order valence-corrected chi connectivity index (χ3v) is 6.00. The van der Waals surface area contributed by atoms with Crippen molar-refractivity contribution < 1.29 is 8.83 Å². The molecule has 6 nitrogen and oxygen atoms in total. The number of fused-ring (bicyclic) bond motifs is 4. The van der Waals surface area contributed by atoms with E-state index >= 15 is 0 Å². The molecule has 6 heteroatoms. The molecule has 2 aromatic heterocycles. The molecule has 3 heterocycles. The van der Waals surface area contributed by atoms with Crippen molar-refractivity contribution in [1.82, 2.24) is 9.89 Å². The van der Waals surface area contributed by atoms with Gasteiger partial charge >= 0.3 is 5.63 Å². The molecule has 1 aliphatic rings. The first-order chi connectivity index (χ1) is 14.7. The first kappa shape index (κ1) is 18.9. The average Bonchev–Trinajstić information content (AvgIpc) is 2.79. The zero-order valence-corrected chi connectivity index (χ0v) is 17.4. The number of benzene rings is 2. The number of nitrogens with zero attached hydrogens (tertiary/aromatic N) is 2. The second-order valence-electron chi connectivity index (χ2n) is 7.69. The minimum Gasteiger partial charge on any atom is -0.455 e. The van der Waals surface area contributed by atoms with Crippen molar-refractivity contribution in [2.75, 3.05) is 44.2 Å². The molecule has 1 saturated heterocycles. The second kappa shape index (κ2) is 7.61. The Labute approximate surface area is 174 Å². The standard InChI is InChI=1S/C24H26N3O3/c1-3-26(4-2)17-7-8-19-22(15-17)30-24(28)20-13-16-5-6-18(14-21(16)29-23(19)20)27-11-9-25-10-12-27/h5-8,13-15,25H,3-4,9-12H2,1-2H3/q+1. The molecule has 154 valence electrons. The average molecular weight is 404 g/mol. The van der Waals surface area contributed by atoms with Crippen LogP contribution >= 0.6 is 0 Å². The van der Waals surface area contributed by atoms with Crippen LogP contribution in [0.5, 0.6) is 0 Å². The maximum absolute atomic E-state index is 12.7. The van der Waals surface area contributed by atoms with Crippen LogP contribution in [0.25, 0.3) is 32.9 Å². The first-order valence-electron chi connectivity index (χ1n) is 10.7. The third kappa shape index (κ3) is 3.17. The van der Waals surface area contributed by atoms with Crippen LogP contribution in [-0.2, 0) is 0 Å². The second-order valence-corrected chi connectivity index (χ2v) is 7.69. The minimum atomic E-state index is -0.369. The van der Waals surface area contributed by atoms with E-state index in [-0.39, 0.29) is 5.63 Å². The summed E-state index contributed by atoms with van der Waals surface area (Å²) in [4.78, 5) is 15.1. The molecule has 0 radical (unpaired) electrons.